The number of primary amides is 2. The van der Waals surface area contributed by atoms with Crippen molar-refractivity contribution in [2.24, 2.45) is 17.2 Å². The second kappa shape index (κ2) is 60.1. The number of nitrogens with two attached hydrogens (primary N) is 3. The Morgan fingerprint density at radius 3 is 0.944 bits per heavy atom. The Morgan fingerprint density at radius 2 is 0.632 bits per heavy atom. The van der Waals surface area contributed by atoms with Crippen LogP contribution in [0.5, 0.6) is 0 Å². The molecule has 0 bridgehead atoms. The number of aliphatic hydroxyl groups excluding tert-OH is 10. The quantitative estimate of drug-likeness (QED) is 0.0251. The molecule has 18 amide bonds. The summed E-state index contributed by atoms with van der Waals surface area (Å²) in [5.41, 5.74) is 16.7. The molecule has 4 aliphatic rings. The Labute approximate surface area is 822 Å². The van der Waals surface area contributed by atoms with Crippen LogP contribution >= 0.6 is 0 Å². The molecule has 0 aromatic carbocycles. The lowest BCUT2D eigenvalue weighted by Crippen LogP contribution is -2.70. The third-order valence-electron chi connectivity index (χ3n) is 22.9. The molecule has 61 nitrogen and oxygen atoms in total. The third kappa shape index (κ3) is 39.6. The van der Waals surface area contributed by atoms with E-state index in [4.69, 9.17) is 60.2 Å². The fraction of sp³-hybridized carbons (Fsp3) is 0.747. The van der Waals surface area contributed by atoms with E-state index < -0.39 is 390 Å². The van der Waals surface area contributed by atoms with Gasteiger partial charge in [0.1, 0.15) is 176 Å². The maximum absolute atomic E-state index is 14.1. The maximum Gasteiger partial charge on any atom is 0.326 e. The second-order valence-corrected chi connectivity index (χ2v) is 34.7. The van der Waals surface area contributed by atoms with E-state index in [2.05, 4.69) is 85.1 Å². The first-order chi connectivity index (χ1) is 67.4. The number of aliphatic carboxylic acids is 3. The first-order valence-corrected chi connectivity index (χ1v) is 45.8. The van der Waals surface area contributed by atoms with Crippen molar-refractivity contribution < 1.29 is 205 Å². The van der Waals surface area contributed by atoms with Crippen LogP contribution in [0.2, 0.25) is 0 Å². The first-order valence-electron chi connectivity index (χ1n) is 45.8. The SMILES string of the molecule is CC(=O)NC1C(OC2C(CO)OC(O)C(NC(C)=O)C2OC(C)C(=O)NC(C)C(=O)NC(CCC(=O)NC(CCCCNC(=O)CC(NC(=O)C(C)NC(=O)C(CCCCNC(=O)CC(N)C(=O)O)NC(=O)CCC(NC(=O)C(C)NC(=O)C(C)OC2C(NC(C)=O)C(O)OC(CO)C2OC2OC(CO)C(O)C(O)C2NC(C)=O)C(N)=O)C(=O)O)C(=O)NC(C)C(=O)NC(C)C(=O)O)C(N)=O)OC(CO)C(O)C1O. The number of nitrogens with one attached hydrogen (secondary N) is 16. The molecule has 33 unspecified atom stereocenters. The number of ether oxygens (including phenoxy) is 8. The van der Waals surface area contributed by atoms with Crippen LogP contribution in [-0.2, 0) is 139 Å². The second-order valence-electron chi connectivity index (χ2n) is 34.7. The highest BCUT2D eigenvalue weighted by atomic mass is 16.7. The van der Waals surface area contributed by atoms with Crippen molar-refractivity contribution in [2.75, 3.05) is 39.5 Å². The van der Waals surface area contributed by atoms with Crippen LogP contribution in [0.1, 0.15) is 153 Å². The average Bonchev–Trinajstić information content (AvgIpc) is 0.774. The summed E-state index contributed by atoms with van der Waals surface area (Å²) in [6.07, 6.45) is -36.3. The lowest BCUT2D eigenvalue weighted by Gasteiger charge is -2.48. The average molecular weight is 2070 g/mol. The van der Waals surface area contributed by atoms with E-state index in [0.29, 0.717) is 0 Å². The molecule has 61 heteroatoms. The molecule has 0 aromatic rings. The van der Waals surface area contributed by atoms with Gasteiger partial charge in [0.25, 0.3) is 0 Å². The molecular formula is C83H137N19O42. The van der Waals surface area contributed by atoms with E-state index in [1.165, 1.54) is 6.92 Å². The lowest BCUT2D eigenvalue weighted by molar-refractivity contribution is -0.333. The highest BCUT2D eigenvalue weighted by Crippen LogP contribution is 2.34. The summed E-state index contributed by atoms with van der Waals surface area (Å²) in [7, 11) is 0. The topological polar surface area (TPSA) is 966 Å². The van der Waals surface area contributed by atoms with Gasteiger partial charge in [0.2, 0.25) is 106 Å². The first kappa shape index (κ1) is 124. The molecular weight excluding hydrogens is 1940 g/mol. The van der Waals surface area contributed by atoms with Gasteiger partial charge in [-0.25, -0.2) is 4.79 Å². The largest absolute Gasteiger partial charge is 0.480 e. The molecule has 0 saturated carbocycles. The van der Waals surface area contributed by atoms with Gasteiger partial charge >= 0.3 is 17.9 Å². The van der Waals surface area contributed by atoms with Gasteiger partial charge in [-0.15, -0.1) is 0 Å². The Morgan fingerprint density at radius 1 is 0.319 bits per heavy atom. The Balaban J connectivity index is 1.42. The van der Waals surface area contributed by atoms with Crippen molar-refractivity contribution in [3.8, 4) is 0 Å². The zero-order valence-corrected chi connectivity index (χ0v) is 80.7. The van der Waals surface area contributed by atoms with E-state index in [1.807, 2.05) is 0 Å². The van der Waals surface area contributed by atoms with Crippen molar-refractivity contribution >= 4 is 124 Å². The summed E-state index contributed by atoms with van der Waals surface area (Å²) in [5, 5.41) is 172. The van der Waals surface area contributed by atoms with Gasteiger partial charge in [-0.2, -0.15) is 0 Å². The number of carbonyl (C=O) groups excluding carboxylic acids is 18. The minimum absolute atomic E-state index is 0.0156. The molecule has 0 radical (unpaired) electrons. The predicted octanol–water partition coefficient (Wildman–Crippen LogP) is -17.0. The Hall–Kier alpha value is -11.9. The van der Waals surface area contributed by atoms with Crippen molar-refractivity contribution in [2.45, 2.75) is 354 Å². The molecule has 816 valence electrons. The van der Waals surface area contributed by atoms with Crippen molar-refractivity contribution in [3.63, 3.8) is 0 Å². The molecule has 33 atom stereocenters. The Kier molecular flexibility index (Phi) is 52.0. The zero-order valence-electron chi connectivity index (χ0n) is 80.7. The van der Waals surface area contributed by atoms with E-state index in [-0.39, 0.29) is 51.6 Å². The van der Waals surface area contributed by atoms with E-state index in [9.17, 15) is 162 Å². The number of aliphatic hydroxyl groups is 10. The molecule has 35 N–H and O–H groups in total. The fourth-order valence-corrected chi connectivity index (χ4v) is 14.9. The number of hydrogen-bond donors (Lipinski definition) is 32. The summed E-state index contributed by atoms with van der Waals surface area (Å²) in [4.78, 5) is 273. The number of hydrogen-bond acceptors (Lipinski definition) is 40. The number of rotatable bonds is 59. The minimum atomic E-state index is -2.01. The number of carboxylic acid groups (broad SMARTS) is 3. The number of carbonyl (C=O) groups is 21. The van der Waals surface area contributed by atoms with Gasteiger partial charge in [-0.1, -0.05) is 0 Å². The van der Waals surface area contributed by atoms with Crippen LogP contribution in [0, 0.1) is 0 Å². The minimum Gasteiger partial charge on any atom is -0.480 e. The molecule has 0 spiro atoms. The van der Waals surface area contributed by atoms with Gasteiger partial charge in [0.15, 0.2) is 25.2 Å². The third-order valence-corrected chi connectivity index (χ3v) is 22.9. The molecule has 4 fully saturated rings. The van der Waals surface area contributed by atoms with Gasteiger partial charge < -0.3 is 207 Å². The van der Waals surface area contributed by atoms with Gasteiger partial charge in [0, 0.05) is 53.6 Å². The van der Waals surface area contributed by atoms with Crippen molar-refractivity contribution in [1.82, 2.24) is 85.1 Å². The molecule has 4 heterocycles. The monoisotopic (exact) mass is 2070 g/mol. The summed E-state index contributed by atoms with van der Waals surface area (Å²) < 4.78 is 46.6. The number of unbranched alkanes of at least 4 members (excludes halogenated alkanes) is 2. The van der Waals surface area contributed by atoms with Crippen LogP contribution in [-0.4, -0.2) is 431 Å². The number of amides is 18. The van der Waals surface area contributed by atoms with E-state index in [1.54, 1.807) is 0 Å². The van der Waals surface area contributed by atoms with Crippen LogP contribution in [0.3, 0.4) is 0 Å². The van der Waals surface area contributed by atoms with E-state index in [0.717, 1.165) is 69.2 Å². The Bertz CT molecular complexity index is 4420. The van der Waals surface area contributed by atoms with Crippen LogP contribution in [0.25, 0.3) is 0 Å². The molecule has 4 aliphatic heterocycles. The summed E-state index contributed by atoms with van der Waals surface area (Å²) >= 11 is 0. The summed E-state index contributed by atoms with van der Waals surface area (Å²) in [6, 6.07) is -24.3. The smallest absolute Gasteiger partial charge is 0.326 e. The van der Waals surface area contributed by atoms with E-state index >= 15 is 0 Å². The highest BCUT2D eigenvalue weighted by molar-refractivity contribution is 5.97. The molecule has 4 rings (SSSR count). The van der Waals surface area contributed by atoms with Gasteiger partial charge in [-0.05, 0) is 99.8 Å². The van der Waals surface area contributed by atoms with Crippen LogP contribution < -0.4 is 102 Å². The normalized spacial score (nSPS) is 26.7. The maximum atomic E-state index is 14.1. The molecule has 4 saturated heterocycles. The van der Waals surface area contributed by atoms with Gasteiger partial charge in [-0.3, -0.25) is 95.9 Å². The number of carboxylic acids is 3. The molecule has 144 heavy (non-hydrogen) atoms. The van der Waals surface area contributed by atoms with Crippen molar-refractivity contribution in [3.05, 3.63) is 0 Å². The lowest BCUT2D eigenvalue weighted by atomic mass is 9.94. The van der Waals surface area contributed by atoms with Crippen LogP contribution in [0.4, 0.5) is 0 Å². The standard InChI is InChI=1S/C83H137N19O42/c1-30(69(121)93-34(5)77(129)130)91-75(127)44(98-51(111)20-18-42(67(85)119)100-70(122)31(2)89-73(125)35(6)137-65-57(96-39(10)109)80(135)139-49(28-105)63(65)143-82-55(94-37(8)107)61(117)59(115)47(26-103)141-82)17-13-15-23-88-54(114)25-46(79(133)134)102-72(124)33(4)92-76(128)45(16-12-14-22-87-53(113)24-41(84)78(131)132)99-52(112)21-19-43(68(86)120)101-71(123)32(3)90-74(126)36(7)138-66-58(97-40(11)110)81(136)140-50(29-106)64(66)144-83-56(95-38(9)108)62(118)60(116)48(27-104)142-83/h30-36,41-50,55-66,80-83,103-106,115-118,135-136H,12-29,84H2,1-11H3,(H2,85,119)(H2,86,120)(H,87,113)(H,88,114)(H,89,125)(H,90,126)(H,91,127)(H,92,128)(H,93,121)(H,94,107)(H,95,108)(H,96,109)(H,97,110)(H,98,111)(H,99,112)(H,100,122)(H,101,123)(H,102,124)(H,129,130)(H,131,132)(H,133,134). The molecule has 0 aromatic heterocycles. The fourth-order valence-electron chi connectivity index (χ4n) is 14.9. The summed E-state index contributed by atoms with van der Waals surface area (Å²) in [6.45, 7) is 7.93. The predicted molar refractivity (Wildman–Crippen MR) is 479 cm³/mol. The van der Waals surface area contributed by atoms with Crippen LogP contribution in [0.15, 0.2) is 0 Å². The zero-order chi connectivity index (χ0) is 109. The summed E-state index contributed by atoms with van der Waals surface area (Å²) in [5.74, 6) is -22.7. The highest BCUT2D eigenvalue weighted by Gasteiger charge is 2.56. The van der Waals surface area contributed by atoms with Gasteiger partial charge in [0.05, 0.1) is 39.3 Å². The molecule has 0 aliphatic carbocycles. The van der Waals surface area contributed by atoms with Crippen molar-refractivity contribution in [1.29, 1.82) is 0 Å².